The van der Waals surface area contributed by atoms with Gasteiger partial charge in [0.25, 0.3) is 0 Å². The number of rotatable bonds is 4. The average molecular weight is 266 g/mol. The van der Waals surface area contributed by atoms with Crippen molar-refractivity contribution in [3.05, 3.63) is 76.9 Å². The molecule has 0 aliphatic heterocycles. The first kappa shape index (κ1) is 14.1. The molecule has 2 aromatic carbocycles. The van der Waals surface area contributed by atoms with Gasteiger partial charge >= 0.3 is 5.97 Å². The number of hydrogen-bond donors (Lipinski definition) is 0. The van der Waals surface area contributed by atoms with Crippen molar-refractivity contribution in [1.29, 1.82) is 0 Å². The van der Waals surface area contributed by atoms with E-state index in [0.29, 0.717) is 12.0 Å². The molecule has 0 spiro atoms. The molecular formula is C18H18O2. The summed E-state index contributed by atoms with van der Waals surface area (Å²) in [5.41, 5.74) is 3.95. The second-order valence-electron chi connectivity index (χ2n) is 4.73. The molecule has 102 valence electrons. The van der Waals surface area contributed by atoms with Crippen LogP contribution in [0.3, 0.4) is 0 Å². The van der Waals surface area contributed by atoms with Crippen LogP contribution in [0, 0.1) is 6.92 Å². The molecule has 0 saturated carbocycles. The predicted octanol–water partition coefficient (Wildman–Crippen LogP) is 3.79. The Bertz CT molecular complexity index is 595. The first-order valence-electron chi connectivity index (χ1n) is 6.58. The second kappa shape index (κ2) is 6.71. The Morgan fingerprint density at radius 1 is 1.05 bits per heavy atom. The van der Waals surface area contributed by atoms with Gasteiger partial charge in [-0.2, -0.15) is 0 Å². The summed E-state index contributed by atoms with van der Waals surface area (Å²) in [5.74, 6) is -0.283. The van der Waals surface area contributed by atoms with Gasteiger partial charge in [-0.25, -0.2) is 4.79 Å². The van der Waals surface area contributed by atoms with Crippen molar-refractivity contribution in [2.75, 3.05) is 7.11 Å². The molecule has 0 aliphatic rings. The molecule has 0 saturated heterocycles. The maximum atomic E-state index is 11.9. The van der Waals surface area contributed by atoms with E-state index in [2.05, 4.69) is 0 Å². The zero-order valence-corrected chi connectivity index (χ0v) is 11.8. The van der Waals surface area contributed by atoms with Crippen molar-refractivity contribution in [2.45, 2.75) is 13.3 Å². The van der Waals surface area contributed by atoms with E-state index in [4.69, 9.17) is 4.74 Å². The van der Waals surface area contributed by atoms with E-state index in [1.54, 1.807) is 0 Å². The molecule has 2 nitrogen and oxygen atoms in total. The molecule has 0 unspecified atom stereocenters. The van der Waals surface area contributed by atoms with E-state index in [-0.39, 0.29) is 5.97 Å². The Hall–Kier alpha value is -2.35. The highest BCUT2D eigenvalue weighted by atomic mass is 16.5. The number of benzene rings is 2. The monoisotopic (exact) mass is 266 g/mol. The van der Waals surface area contributed by atoms with Gasteiger partial charge in [0.1, 0.15) is 0 Å². The Morgan fingerprint density at radius 2 is 1.70 bits per heavy atom. The molecule has 0 bridgehead atoms. The molecule has 2 heteroatoms. The first-order valence-corrected chi connectivity index (χ1v) is 6.58. The number of methoxy groups -OCH3 is 1. The van der Waals surface area contributed by atoms with Crippen LogP contribution in [0.5, 0.6) is 0 Å². The summed E-state index contributed by atoms with van der Waals surface area (Å²) in [4.78, 5) is 11.9. The fourth-order valence-electron chi connectivity index (χ4n) is 1.99. The van der Waals surface area contributed by atoms with Gasteiger partial charge in [0.05, 0.1) is 7.11 Å². The minimum atomic E-state index is -0.283. The largest absolute Gasteiger partial charge is 0.466 e. The maximum Gasteiger partial charge on any atom is 0.334 e. The van der Waals surface area contributed by atoms with Crippen LogP contribution >= 0.6 is 0 Å². The lowest BCUT2D eigenvalue weighted by atomic mass is 10.0. The minimum Gasteiger partial charge on any atom is -0.466 e. The molecule has 0 fully saturated rings. The van der Waals surface area contributed by atoms with E-state index in [9.17, 15) is 4.79 Å². The van der Waals surface area contributed by atoms with Crippen LogP contribution in [0.4, 0.5) is 0 Å². The number of ether oxygens (including phenoxy) is 1. The average Bonchev–Trinajstić information content (AvgIpc) is 2.49. The molecule has 0 radical (unpaired) electrons. The minimum absolute atomic E-state index is 0.283. The number of hydrogen-bond acceptors (Lipinski definition) is 2. The summed E-state index contributed by atoms with van der Waals surface area (Å²) in [6.45, 7) is 2.04. The van der Waals surface area contributed by atoms with Crippen molar-refractivity contribution < 1.29 is 9.53 Å². The van der Waals surface area contributed by atoms with E-state index < -0.39 is 0 Å². The molecule has 20 heavy (non-hydrogen) atoms. The summed E-state index contributed by atoms with van der Waals surface area (Å²) in [5, 5.41) is 0. The Balaban J connectivity index is 2.28. The predicted molar refractivity (Wildman–Crippen MR) is 81.3 cm³/mol. The first-order chi connectivity index (χ1) is 9.69. The van der Waals surface area contributed by atoms with Gasteiger partial charge in [-0.3, -0.25) is 0 Å². The SMILES string of the molecule is COC(=O)/C(=C/c1ccc(C)cc1)Cc1ccccc1. The highest BCUT2D eigenvalue weighted by Gasteiger charge is 2.10. The molecule has 0 aliphatic carbocycles. The van der Waals surface area contributed by atoms with Crippen molar-refractivity contribution in [1.82, 2.24) is 0 Å². The quantitative estimate of drug-likeness (QED) is 0.621. The van der Waals surface area contributed by atoms with Crippen LogP contribution in [-0.4, -0.2) is 13.1 Å². The molecule has 0 N–H and O–H groups in total. The fraction of sp³-hybridized carbons (Fsp3) is 0.167. The van der Waals surface area contributed by atoms with Gasteiger partial charge in [0, 0.05) is 12.0 Å². The van der Waals surface area contributed by atoms with Crippen LogP contribution in [-0.2, 0) is 16.0 Å². The van der Waals surface area contributed by atoms with E-state index in [0.717, 1.165) is 11.1 Å². The highest BCUT2D eigenvalue weighted by Crippen LogP contribution is 2.14. The number of carbonyl (C=O) groups is 1. The molecular weight excluding hydrogens is 248 g/mol. The normalized spacial score (nSPS) is 11.2. The van der Waals surface area contributed by atoms with Gasteiger partial charge in [0.15, 0.2) is 0 Å². The second-order valence-corrected chi connectivity index (χ2v) is 4.73. The third-order valence-electron chi connectivity index (χ3n) is 3.10. The zero-order chi connectivity index (χ0) is 14.4. The Morgan fingerprint density at radius 3 is 2.30 bits per heavy atom. The van der Waals surface area contributed by atoms with Crippen molar-refractivity contribution in [3.63, 3.8) is 0 Å². The van der Waals surface area contributed by atoms with Gasteiger partial charge < -0.3 is 4.74 Å². The molecule has 0 heterocycles. The summed E-state index contributed by atoms with van der Waals surface area (Å²) in [7, 11) is 1.41. The highest BCUT2D eigenvalue weighted by molar-refractivity contribution is 5.94. The van der Waals surface area contributed by atoms with Crippen molar-refractivity contribution >= 4 is 12.0 Å². The van der Waals surface area contributed by atoms with Gasteiger partial charge in [-0.1, -0.05) is 60.2 Å². The topological polar surface area (TPSA) is 26.3 Å². The molecule has 2 rings (SSSR count). The van der Waals surface area contributed by atoms with Crippen LogP contribution in [0.2, 0.25) is 0 Å². The van der Waals surface area contributed by atoms with Crippen LogP contribution in [0.1, 0.15) is 16.7 Å². The van der Waals surface area contributed by atoms with Crippen LogP contribution in [0.15, 0.2) is 60.2 Å². The number of carbonyl (C=O) groups excluding carboxylic acids is 1. The standard InChI is InChI=1S/C18H18O2/c1-14-8-10-16(11-9-14)13-17(18(19)20-2)12-15-6-4-3-5-7-15/h3-11,13H,12H2,1-2H3/b17-13+. The summed E-state index contributed by atoms with van der Waals surface area (Å²) < 4.78 is 4.87. The summed E-state index contributed by atoms with van der Waals surface area (Å²) >= 11 is 0. The van der Waals surface area contributed by atoms with E-state index in [1.165, 1.54) is 12.7 Å². The molecule has 0 amide bonds. The maximum absolute atomic E-state index is 11.9. The lowest BCUT2D eigenvalue weighted by Gasteiger charge is -2.06. The third-order valence-corrected chi connectivity index (χ3v) is 3.10. The van der Waals surface area contributed by atoms with E-state index in [1.807, 2.05) is 67.6 Å². The Kier molecular flexibility index (Phi) is 4.72. The molecule has 0 aromatic heterocycles. The smallest absolute Gasteiger partial charge is 0.334 e. The van der Waals surface area contributed by atoms with Gasteiger partial charge in [-0.05, 0) is 24.1 Å². The number of esters is 1. The zero-order valence-electron chi connectivity index (χ0n) is 11.8. The third kappa shape index (κ3) is 3.82. The van der Waals surface area contributed by atoms with Crippen LogP contribution in [0.25, 0.3) is 6.08 Å². The van der Waals surface area contributed by atoms with Crippen LogP contribution < -0.4 is 0 Å². The summed E-state index contributed by atoms with van der Waals surface area (Å²) in [6.07, 6.45) is 2.46. The summed E-state index contributed by atoms with van der Waals surface area (Å²) in [6, 6.07) is 18.0. The fourth-order valence-corrected chi connectivity index (χ4v) is 1.99. The van der Waals surface area contributed by atoms with E-state index >= 15 is 0 Å². The van der Waals surface area contributed by atoms with Gasteiger partial charge in [0.2, 0.25) is 0 Å². The Labute approximate surface area is 119 Å². The lowest BCUT2D eigenvalue weighted by molar-refractivity contribution is -0.136. The van der Waals surface area contributed by atoms with Gasteiger partial charge in [-0.15, -0.1) is 0 Å². The number of aryl methyl sites for hydroxylation is 1. The molecule has 0 atom stereocenters. The van der Waals surface area contributed by atoms with Crippen molar-refractivity contribution in [3.8, 4) is 0 Å². The van der Waals surface area contributed by atoms with Crippen molar-refractivity contribution in [2.24, 2.45) is 0 Å². The molecule has 2 aromatic rings. The lowest BCUT2D eigenvalue weighted by Crippen LogP contribution is -2.07.